The largest absolute Gasteiger partial charge is 0.481 e. The molecule has 3 rings (SSSR count). The van der Waals surface area contributed by atoms with Crippen LogP contribution in [0.5, 0.6) is 5.88 Å². The molecule has 0 aliphatic rings. The number of nitrogens with one attached hydrogen (secondary N) is 2. The molecule has 0 fully saturated rings. The van der Waals surface area contributed by atoms with E-state index >= 15 is 0 Å². The Hall–Kier alpha value is -4.01. The molecule has 8 nitrogen and oxygen atoms in total. The second-order valence-electron chi connectivity index (χ2n) is 6.32. The van der Waals surface area contributed by atoms with Crippen LogP contribution >= 0.6 is 0 Å². The van der Waals surface area contributed by atoms with E-state index in [1.54, 1.807) is 42.4 Å². The molecule has 0 radical (unpaired) electrons. The Morgan fingerprint density at radius 3 is 2.45 bits per heavy atom. The molecule has 0 saturated carbocycles. The molecule has 0 spiro atoms. The van der Waals surface area contributed by atoms with Gasteiger partial charge in [0.15, 0.2) is 11.6 Å². The van der Waals surface area contributed by atoms with Gasteiger partial charge in [0, 0.05) is 25.3 Å². The van der Waals surface area contributed by atoms with Crippen molar-refractivity contribution in [3.63, 3.8) is 0 Å². The molecule has 1 aromatic carbocycles. The molecule has 0 atom stereocenters. The molecule has 2 heterocycles. The van der Waals surface area contributed by atoms with Crippen LogP contribution in [0.3, 0.4) is 0 Å². The van der Waals surface area contributed by atoms with E-state index in [1.165, 1.54) is 13.2 Å². The summed E-state index contributed by atoms with van der Waals surface area (Å²) in [6, 6.07) is 10.7. The van der Waals surface area contributed by atoms with Crippen molar-refractivity contribution in [2.45, 2.75) is 14.0 Å². The molecular weight excluding hydrogens is 399 g/mol. The number of methoxy groups -OCH3 is 1. The molecule has 2 aromatic heterocycles. The summed E-state index contributed by atoms with van der Waals surface area (Å²) in [6.07, 6.45) is 3.91. The highest BCUT2D eigenvalue weighted by Crippen LogP contribution is 2.21. The minimum atomic E-state index is -0.589. The molecule has 31 heavy (non-hydrogen) atoms. The topological polar surface area (TPSA) is 92.3 Å². The van der Waals surface area contributed by atoms with Crippen molar-refractivity contribution in [2.75, 3.05) is 24.8 Å². The highest BCUT2D eigenvalue weighted by molar-refractivity contribution is 5.86. The summed E-state index contributed by atoms with van der Waals surface area (Å²) in [5, 5.41) is 5.90. The summed E-state index contributed by atoms with van der Waals surface area (Å²) in [4.78, 5) is 25.3. The summed E-state index contributed by atoms with van der Waals surface area (Å²) in [6.45, 7) is 3.91. The van der Waals surface area contributed by atoms with Crippen LogP contribution in [0, 0.1) is 5.82 Å². The standard InChI is InChI=1S/C21H21FN6O2.CH4/c1-4-19(29)28(2)13-14-5-7-15(8-6-14)25-20-17(22)12-24-21(27-20)26-16-9-10-18(30-3)23-11-16;/h4-12H,1,13H2,2-3H3,(H2,24,25,26,27);1H4. The van der Waals surface area contributed by atoms with Gasteiger partial charge in [-0.15, -0.1) is 0 Å². The number of pyridine rings is 1. The van der Waals surface area contributed by atoms with Gasteiger partial charge in [-0.2, -0.15) is 4.98 Å². The first-order chi connectivity index (χ1) is 14.5. The molecule has 2 N–H and O–H groups in total. The van der Waals surface area contributed by atoms with E-state index in [0.29, 0.717) is 23.8 Å². The highest BCUT2D eigenvalue weighted by atomic mass is 19.1. The fourth-order valence-corrected chi connectivity index (χ4v) is 2.56. The van der Waals surface area contributed by atoms with Crippen LogP contribution in [-0.4, -0.2) is 39.9 Å². The van der Waals surface area contributed by atoms with Gasteiger partial charge in [-0.1, -0.05) is 26.1 Å². The first kappa shape index (κ1) is 23.3. The number of nitrogens with zero attached hydrogens (tertiary/aromatic N) is 4. The lowest BCUT2D eigenvalue weighted by atomic mass is 10.2. The Balaban J connectivity index is 0.00000341. The van der Waals surface area contributed by atoms with Gasteiger partial charge >= 0.3 is 0 Å². The monoisotopic (exact) mass is 424 g/mol. The molecule has 0 aliphatic heterocycles. The van der Waals surface area contributed by atoms with Gasteiger partial charge in [-0.05, 0) is 29.8 Å². The minimum Gasteiger partial charge on any atom is -0.481 e. The second-order valence-corrected chi connectivity index (χ2v) is 6.32. The number of rotatable bonds is 8. The third-order valence-electron chi connectivity index (χ3n) is 4.13. The maximum absolute atomic E-state index is 14.2. The summed E-state index contributed by atoms with van der Waals surface area (Å²) in [7, 11) is 3.22. The lowest BCUT2D eigenvalue weighted by molar-refractivity contribution is -0.125. The normalized spacial score (nSPS) is 9.90. The third kappa shape index (κ3) is 6.23. The van der Waals surface area contributed by atoms with Crippen LogP contribution in [0.25, 0.3) is 0 Å². The third-order valence-corrected chi connectivity index (χ3v) is 4.13. The van der Waals surface area contributed by atoms with Gasteiger partial charge in [0.25, 0.3) is 0 Å². The predicted octanol–water partition coefficient (Wildman–Crippen LogP) is 4.29. The van der Waals surface area contributed by atoms with E-state index in [1.807, 2.05) is 12.1 Å². The lowest BCUT2D eigenvalue weighted by Gasteiger charge is -2.15. The fraction of sp³-hybridized carbons (Fsp3) is 0.182. The SMILES string of the molecule is C.C=CC(=O)N(C)Cc1ccc(Nc2nc(Nc3ccc(OC)nc3)ncc2F)cc1. The first-order valence-corrected chi connectivity index (χ1v) is 9.01. The summed E-state index contributed by atoms with van der Waals surface area (Å²) in [5.74, 6) is -0.0275. The van der Waals surface area contributed by atoms with Crippen LogP contribution in [0.15, 0.2) is 61.4 Å². The van der Waals surface area contributed by atoms with Crippen LogP contribution in [0.2, 0.25) is 0 Å². The van der Waals surface area contributed by atoms with Crippen LogP contribution < -0.4 is 15.4 Å². The van der Waals surface area contributed by atoms with Crippen molar-refractivity contribution in [3.8, 4) is 5.88 Å². The molecule has 0 saturated heterocycles. The highest BCUT2D eigenvalue weighted by Gasteiger charge is 2.09. The van der Waals surface area contributed by atoms with E-state index in [9.17, 15) is 9.18 Å². The quantitative estimate of drug-likeness (QED) is 0.521. The Labute approximate surface area is 180 Å². The van der Waals surface area contributed by atoms with E-state index in [0.717, 1.165) is 11.8 Å². The number of carbonyl (C=O) groups excluding carboxylic acids is 1. The Morgan fingerprint density at radius 2 is 1.84 bits per heavy atom. The number of amides is 1. The van der Waals surface area contributed by atoms with Gasteiger partial charge in [-0.3, -0.25) is 4.79 Å². The van der Waals surface area contributed by atoms with Gasteiger partial charge in [-0.25, -0.2) is 14.4 Å². The number of anilines is 4. The summed E-state index contributed by atoms with van der Waals surface area (Å²) >= 11 is 0. The van der Waals surface area contributed by atoms with Crippen molar-refractivity contribution in [1.29, 1.82) is 0 Å². The average molecular weight is 424 g/mol. The van der Waals surface area contributed by atoms with Gasteiger partial charge in [0.2, 0.25) is 17.7 Å². The molecule has 162 valence electrons. The maximum Gasteiger partial charge on any atom is 0.245 e. The van der Waals surface area contributed by atoms with Gasteiger partial charge in [0.1, 0.15) is 0 Å². The van der Waals surface area contributed by atoms with Crippen molar-refractivity contribution in [3.05, 3.63) is 72.8 Å². The molecular formula is C22H25FN6O2. The molecule has 1 amide bonds. The molecule has 9 heteroatoms. The number of hydrogen-bond acceptors (Lipinski definition) is 7. The van der Waals surface area contributed by atoms with Crippen molar-refractivity contribution >= 4 is 29.0 Å². The van der Waals surface area contributed by atoms with Crippen LogP contribution in [0.4, 0.5) is 27.5 Å². The molecule has 0 unspecified atom stereocenters. The summed E-state index contributed by atoms with van der Waals surface area (Å²) in [5.41, 5.74) is 2.21. The van der Waals surface area contributed by atoms with Crippen molar-refractivity contribution in [1.82, 2.24) is 19.9 Å². The first-order valence-electron chi connectivity index (χ1n) is 9.01. The van der Waals surface area contributed by atoms with Gasteiger partial charge < -0.3 is 20.3 Å². The second kappa shape index (κ2) is 10.7. The van der Waals surface area contributed by atoms with Crippen LogP contribution in [0.1, 0.15) is 13.0 Å². The number of hydrogen-bond donors (Lipinski definition) is 2. The van der Waals surface area contributed by atoms with Crippen molar-refractivity contribution < 1.29 is 13.9 Å². The number of likely N-dealkylation sites (N-methyl/N-ethyl adjacent to an activating group) is 1. The zero-order valence-electron chi connectivity index (χ0n) is 16.6. The number of benzene rings is 1. The average Bonchev–Trinajstić information content (AvgIpc) is 2.77. The fourth-order valence-electron chi connectivity index (χ4n) is 2.56. The zero-order chi connectivity index (χ0) is 21.5. The minimum absolute atomic E-state index is 0. The zero-order valence-corrected chi connectivity index (χ0v) is 16.6. The van der Waals surface area contributed by atoms with E-state index in [2.05, 4.69) is 32.2 Å². The predicted molar refractivity (Wildman–Crippen MR) is 119 cm³/mol. The van der Waals surface area contributed by atoms with Crippen LogP contribution in [-0.2, 0) is 11.3 Å². The van der Waals surface area contributed by atoms with E-state index < -0.39 is 5.82 Å². The van der Waals surface area contributed by atoms with E-state index in [4.69, 9.17) is 4.74 Å². The van der Waals surface area contributed by atoms with Crippen molar-refractivity contribution in [2.24, 2.45) is 0 Å². The summed E-state index contributed by atoms with van der Waals surface area (Å²) < 4.78 is 19.2. The van der Waals surface area contributed by atoms with E-state index in [-0.39, 0.29) is 25.1 Å². The smallest absolute Gasteiger partial charge is 0.245 e. The lowest BCUT2D eigenvalue weighted by Crippen LogP contribution is -2.23. The molecule has 0 bridgehead atoms. The molecule has 3 aromatic rings. The van der Waals surface area contributed by atoms with Gasteiger partial charge in [0.05, 0.1) is 25.2 Å². The number of carbonyl (C=O) groups is 1. The molecule has 0 aliphatic carbocycles. The maximum atomic E-state index is 14.2. The Bertz CT molecular complexity index is 1030. The number of halogens is 1. The number of aromatic nitrogens is 3. The number of ether oxygens (including phenoxy) is 1. The Morgan fingerprint density at radius 1 is 1.13 bits per heavy atom. The Kier molecular flexibility index (Phi) is 8.01.